The fourth-order valence-corrected chi connectivity index (χ4v) is 10.5. The number of fused-ring (bicyclic) bond motifs is 6. The van der Waals surface area contributed by atoms with E-state index in [4.69, 9.17) is 0 Å². The zero-order valence-electron chi connectivity index (χ0n) is 37.3. The van der Waals surface area contributed by atoms with E-state index in [-0.39, 0.29) is 0 Å². The van der Waals surface area contributed by atoms with Crippen molar-refractivity contribution in [1.82, 2.24) is 9.13 Å². The molecule has 0 amide bonds. The lowest BCUT2D eigenvalue weighted by atomic mass is 9.92. The highest BCUT2D eigenvalue weighted by Gasteiger charge is 2.17. The van der Waals surface area contributed by atoms with Crippen LogP contribution >= 0.6 is 0 Å². The van der Waals surface area contributed by atoms with Crippen LogP contribution in [0.25, 0.3) is 122 Å². The number of para-hydroxylation sites is 3. The molecular formula is C66H44N2. The Morgan fingerprint density at radius 2 is 0.529 bits per heavy atom. The van der Waals surface area contributed by atoms with E-state index in [1.807, 2.05) is 0 Å². The molecule has 2 heteroatoms. The van der Waals surface area contributed by atoms with Crippen molar-refractivity contribution in [3.05, 3.63) is 267 Å². The van der Waals surface area contributed by atoms with Gasteiger partial charge in [0.25, 0.3) is 0 Å². The summed E-state index contributed by atoms with van der Waals surface area (Å²) >= 11 is 0. The Balaban J connectivity index is 0.838. The first-order valence-electron chi connectivity index (χ1n) is 23.4. The van der Waals surface area contributed by atoms with E-state index < -0.39 is 0 Å². The van der Waals surface area contributed by atoms with E-state index in [1.54, 1.807) is 0 Å². The summed E-state index contributed by atoms with van der Waals surface area (Å²) in [6, 6.07) is 97.3. The summed E-state index contributed by atoms with van der Waals surface area (Å²) in [6.07, 6.45) is 0. The second-order valence-corrected chi connectivity index (χ2v) is 17.7. The Bertz CT molecular complexity index is 4000. The highest BCUT2D eigenvalue weighted by Crippen LogP contribution is 2.40. The van der Waals surface area contributed by atoms with Crippen molar-refractivity contribution >= 4 is 43.6 Å². The van der Waals surface area contributed by atoms with Crippen LogP contribution < -0.4 is 0 Å². The van der Waals surface area contributed by atoms with Gasteiger partial charge in [0.15, 0.2) is 0 Å². The number of nitrogens with zero attached hydrogens (tertiary/aromatic N) is 2. The summed E-state index contributed by atoms with van der Waals surface area (Å²) in [7, 11) is 0. The molecule has 0 aliphatic rings. The Labute approximate surface area is 395 Å². The monoisotopic (exact) mass is 864 g/mol. The van der Waals surface area contributed by atoms with E-state index >= 15 is 0 Å². The Morgan fingerprint density at radius 3 is 1.12 bits per heavy atom. The fraction of sp³-hybridized carbons (Fsp3) is 0. The Kier molecular flexibility index (Phi) is 9.54. The van der Waals surface area contributed by atoms with Gasteiger partial charge in [-0.15, -0.1) is 0 Å². The van der Waals surface area contributed by atoms with Gasteiger partial charge >= 0.3 is 0 Å². The Morgan fingerprint density at radius 1 is 0.176 bits per heavy atom. The lowest BCUT2D eigenvalue weighted by Gasteiger charge is -2.14. The molecule has 0 spiro atoms. The summed E-state index contributed by atoms with van der Waals surface area (Å²) in [5, 5.41) is 4.99. The SMILES string of the molecule is c1ccc(-c2cccc(-c3cccc(-c4ccc(-c5ccccc5-c5cccc(-n6c7ccccc7c7cc(-c8ccc9c(c8)c8ccccc8n9-c8ccccc8)ccc76)c5)cc4)c3)c2)cc1. The first-order chi connectivity index (χ1) is 33.7. The van der Waals surface area contributed by atoms with Crippen molar-refractivity contribution in [2.45, 2.75) is 0 Å². The van der Waals surface area contributed by atoms with E-state index in [1.165, 1.54) is 116 Å². The lowest BCUT2D eigenvalue weighted by molar-refractivity contribution is 1.18. The predicted octanol–water partition coefficient (Wildman–Crippen LogP) is 17.9. The quantitative estimate of drug-likeness (QED) is 0.144. The summed E-state index contributed by atoms with van der Waals surface area (Å²) in [5.74, 6) is 0. The maximum Gasteiger partial charge on any atom is 0.0541 e. The topological polar surface area (TPSA) is 9.86 Å². The molecule has 2 aromatic heterocycles. The molecule has 13 rings (SSSR count). The molecule has 0 radical (unpaired) electrons. The second kappa shape index (κ2) is 16.5. The average Bonchev–Trinajstić information content (AvgIpc) is 3.94. The van der Waals surface area contributed by atoms with Gasteiger partial charge in [0.2, 0.25) is 0 Å². The van der Waals surface area contributed by atoms with E-state index in [0.717, 1.165) is 5.69 Å². The summed E-state index contributed by atoms with van der Waals surface area (Å²) < 4.78 is 4.81. The van der Waals surface area contributed by atoms with Crippen molar-refractivity contribution < 1.29 is 0 Å². The largest absolute Gasteiger partial charge is 0.309 e. The van der Waals surface area contributed by atoms with Gasteiger partial charge in [-0.2, -0.15) is 0 Å². The van der Waals surface area contributed by atoms with Crippen LogP contribution in [0.2, 0.25) is 0 Å². The molecule has 2 nitrogen and oxygen atoms in total. The molecule has 2 heterocycles. The van der Waals surface area contributed by atoms with Crippen LogP contribution in [0.4, 0.5) is 0 Å². The molecule has 0 unspecified atom stereocenters. The van der Waals surface area contributed by atoms with Crippen molar-refractivity contribution in [2.75, 3.05) is 0 Å². The molecular weight excluding hydrogens is 821 g/mol. The molecule has 0 fully saturated rings. The van der Waals surface area contributed by atoms with E-state index in [2.05, 4.69) is 276 Å². The van der Waals surface area contributed by atoms with Crippen LogP contribution in [0.15, 0.2) is 267 Å². The minimum Gasteiger partial charge on any atom is -0.309 e. The summed E-state index contributed by atoms with van der Waals surface area (Å²) in [5.41, 5.74) is 21.6. The molecule has 0 saturated carbocycles. The van der Waals surface area contributed by atoms with Crippen molar-refractivity contribution in [3.63, 3.8) is 0 Å². The second-order valence-electron chi connectivity index (χ2n) is 17.7. The third-order valence-electron chi connectivity index (χ3n) is 13.7. The van der Waals surface area contributed by atoms with Crippen LogP contribution in [-0.2, 0) is 0 Å². The van der Waals surface area contributed by atoms with Crippen molar-refractivity contribution in [2.24, 2.45) is 0 Å². The molecule has 0 saturated heterocycles. The van der Waals surface area contributed by atoms with Crippen LogP contribution in [0, 0.1) is 0 Å². The van der Waals surface area contributed by atoms with Crippen molar-refractivity contribution in [1.29, 1.82) is 0 Å². The van der Waals surface area contributed by atoms with E-state index in [9.17, 15) is 0 Å². The molecule has 13 aromatic rings. The first kappa shape index (κ1) is 39.4. The van der Waals surface area contributed by atoms with Gasteiger partial charge in [-0.3, -0.25) is 0 Å². The highest BCUT2D eigenvalue weighted by atomic mass is 15.0. The Hall–Kier alpha value is -8.98. The normalized spacial score (nSPS) is 11.5. The fourth-order valence-electron chi connectivity index (χ4n) is 10.5. The van der Waals surface area contributed by atoms with Crippen LogP contribution in [-0.4, -0.2) is 9.13 Å². The predicted molar refractivity (Wildman–Crippen MR) is 288 cm³/mol. The molecule has 318 valence electrons. The maximum atomic E-state index is 2.43. The van der Waals surface area contributed by atoms with Crippen LogP contribution in [0.3, 0.4) is 0 Å². The van der Waals surface area contributed by atoms with Gasteiger partial charge in [0.05, 0.1) is 22.1 Å². The molecule has 11 aromatic carbocycles. The van der Waals surface area contributed by atoms with Gasteiger partial charge in [0.1, 0.15) is 0 Å². The average molecular weight is 865 g/mol. The van der Waals surface area contributed by atoms with Crippen molar-refractivity contribution in [3.8, 4) is 78.1 Å². The van der Waals surface area contributed by atoms with Crippen LogP contribution in [0.1, 0.15) is 0 Å². The number of hydrogen-bond donors (Lipinski definition) is 0. The zero-order valence-corrected chi connectivity index (χ0v) is 37.3. The minimum absolute atomic E-state index is 1.14. The smallest absolute Gasteiger partial charge is 0.0541 e. The number of benzene rings is 11. The van der Waals surface area contributed by atoms with Gasteiger partial charge in [-0.05, 0) is 140 Å². The van der Waals surface area contributed by atoms with Gasteiger partial charge in [0, 0.05) is 32.9 Å². The lowest BCUT2D eigenvalue weighted by Crippen LogP contribution is -1.95. The summed E-state index contributed by atoms with van der Waals surface area (Å²) in [6.45, 7) is 0. The molecule has 0 N–H and O–H groups in total. The highest BCUT2D eigenvalue weighted by molar-refractivity contribution is 6.13. The van der Waals surface area contributed by atoms with Crippen LogP contribution in [0.5, 0.6) is 0 Å². The maximum absolute atomic E-state index is 2.43. The first-order valence-corrected chi connectivity index (χ1v) is 23.4. The zero-order chi connectivity index (χ0) is 45.0. The summed E-state index contributed by atoms with van der Waals surface area (Å²) in [4.78, 5) is 0. The molecule has 0 bridgehead atoms. The minimum atomic E-state index is 1.14. The third kappa shape index (κ3) is 6.82. The van der Waals surface area contributed by atoms with Gasteiger partial charge in [-0.1, -0.05) is 194 Å². The molecule has 0 aliphatic heterocycles. The van der Waals surface area contributed by atoms with Gasteiger partial charge in [-0.25, -0.2) is 0 Å². The standard InChI is InChI=1S/C66H44N2/c1-3-16-45(17-4-1)48-18-13-20-50(40-48)51-21-14-19-49(41-51)46-32-34-47(35-33-46)57-26-7-8-27-58(57)54-22-15-25-56(42-54)68-64-31-12-10-29-60(64)62-44-53(37-39-66(62)68)52-36-38-65-61(43-52)59-28-9-11-30-63(59)67(65)55-23-5-2-6-24-55/h1-44H. The number of rotatable bonds is 8. The van der Waals surface area contributed by atoms with E-state index in [0.29, 0.717) is 0 Å². The third-order valence-corrected chi connectivity index (χ3v) is 13.7. The number of aromatic nitrogens is 2. The van der Waals surface area contributed by atoms with Gasteiger partial charge < -0.3 is 9.13 Å². The molecule has 0 atom stereocenters. The number of hydrogen-bond acceptors (Lipinski definition) is 0. The molecule has 68 heavy (non-hydrogen) atoms. The molecule has 0 aliphatic carbocycles.